The molecular weight excluding hydrogens is 338 g/mol. The monoisotopic (exact) mass is 361 g/mol. The standard InChI is InChI=1S/C18H23N3O3S/c1-25(23,24)21(14-17-9-12-19-13-10-17)15-18(22)20-11-5-8-16-6-3-2-4-7-16/h2-4,6-7,9-10,12-13H,5,8,11,14-15H2,1H3,(H,20,22). The minimum atomic E-state index is -3.48. The van der Waals surface area contributed by atoms with E-state index in [4.69, 9.17) is 0 Å². The Morgan fingerprint density at radius 3 is 2.40 bits per heavy atom. The van der Waals surface area contributed by atoms with Gasteiger partial charge >= 0.3 is 0 Å². The van der Waals surface area contributed by atoms with Crippen molar-refractivity contribution in [3.8, 4) is 0 Å². The molecule has 2 rings (SSSR count). The first-order valence-electron chi connectivity index (χ1n) is 8.10. The molecule has 0 atom stereocenters. The number of aromatic nitrogens is 1. The van der Waals surface area contributed by atoms with Crippen LogP contribution < -0.4 is 5.32 Å². The van der Waals surface area contributed by atoms with Crippen LogP contribution in [0.15, 0.2) is 54.9 Å². The number of aryl methyl sites for hydroxylation is 1. The largest absolute Gasteiger partial charge is 0.355 e. The van der Waals surface area contributed by atoms with Crippen LogP contribution in [0.1, 0.15) is 17.5 Å². The summed E-state index contributed by atoms with van der Waals surface area (Å²) in [6.07, 6.45) is 5.97. The van der Waals surface area contributed by atoms with Gasteiger partial charge in [-0.2, -0.15) is 4.31 Å². The molecule has 0 bridgehead atoms. The normalized spacial score (nSPS) is 11.4. The van der Waals surface area contributed by atoms with Gasteiger partial charge in [-0.05, 0) is 36.1 Å². The maximum absolute atomic E-state index is 12.1. The predicted octanol–water partition coefficient (Wildman–Crippen LogP) is 1.59. The van der Waals surface area contributed by atoms with Crippen molar-refractivity contribution in [2.24, 2.45) is 0 Å². The quantitative estimate of drug-likeness (QED) is 0.688. The molecule has 1 aromatic carbocycles. The fraction of sp³-hybridized carbons (Fsp3) is 0.333. The molecular formula is C18H23N3O3S. The molecule has 2 aromatic rings. The highest BCUT2D eigenvalue weighted by Gasteiger charge is 2.20. The minimum absolute atomic E-state index is 0.152. The van der Waals surface area contributed by atoms with E-state index in [1.54, 1.807) is 24.5 Å². The number of sulfonamides is 1. The van der Waals surface area contributed by atoms with E-state index in [9.17, 15) is 13.2 Å². The third-order valence-corrected chi connectivity index (χ3v) is 4.90. The highest BCUT2D eigenvalue weighted by atomic mass is 32.2. The summed E-state index contributed by atoms with van der Waals surface area (Å²) in [6.45, 7) is 0.478. The van der Waals surface area contributed by atoms with Crippen molar-refractivity contribution in [3.63, 3.8) is 0 Å². The highest BCUT2D eigenvalue weighted by molar-refractivity contribution is 7.88. The maximum Gasteiger partial charge on any atom is 0.235 e. The van der Waals surface area contributed by atoms with E-state index >= 15 is 0 Å². The van der Waals surface area contributed by atoms with Crippen LogP contribution in [-0.4, -0.2) is 43.0 Å². The topological polar surface area (TPSA) is 79.4 Å². The summed E-state index contributed by atoms with van der Waals surface area (Å²) in [5, 5.41) is 2.78. The van der Waals surface area contributed by atoms with Crippen molar-refractivity contribution in [1.82, 2.24) is 14.6 Å². The lowest BCUT2D eigenvalue weighted by Crippen LogP contribution is -2.40. The molecule has 0 unspecified atom stereocenters. The Morgan fingerprint density at radius 1 is 1.08 bits per heavy atom. The highest BCUT2D eigenvalue weighted by Crippen LogP contribution is 2.07. The lowest BCUT2D eigenvalue weighted by atomic mass is 10.1. The Hall–Kier alpha value is -2.25. The Morgan fingerprint density at radius 2 is 1.76 bits per heavy atom. The number of pyridine rings is 1. The molecule has 0 aliphatic rings. The van der Waals surface area contributed by atoms with Crippen LogP contribution in [0.5, 0.6) is 0 Å². The Kier molecular flexibility index (Phi) is 7.09. The molecule has 25 heavy (non-hydrogen) atoms. The van der Waals surface area contributed by atoms with Gasteiger partial charge in [0.2, 0.25) is 15.9 Å². The summed E-state index contributed by atoms with van der Waals surface area (Å²) >= 11 is 0. The van der Waals surface area contributed by atoms with Gasteiger partial charge in [0.05, 0.1) is 12.8 Å². The molecule has 1 N–H and O–H groups in total. The lowest BCUT2D eigenvalue weighted by molar-refractivity contribution is -0.121. The predicted molar refractivity (Wildman–Crippen MR) is 97.3 cm³/mol. The second-order valence-corrected chi connectivity index (χ2v) is 7.81. The molecule has 6 nitrogen and oxygen atoms in total. The zero-order valence-corrected chi connectivity index (χ0v) is 15.1. The summed E-state index contributed by atoms with van der Waals surface area (Å²) in [7, 11) is -3.48. The number of nitrogens with one attached hydrogen (secondary N) is 1. The van der Waals surface area contributed by atoms with Gasteiger partial charge in [-0.3, -0.25) is 9.78 Å². The Balaban J connectivity index is 1.81. The van der Waals surface area contributed by atoms with E-state index in [2.05, 4.69) is 10.3 Å². The molecule has 0 aliphatic carbocycles. The van der Waals surface area contributed by atoms with E-state index in [0.717, 1.165) is 29.0 Å². The zero-order valence-electron chi connectivity index (χ0n) is 14.3. The third-order valence-electron chi connectivity index (χ3n) is 3.70. The van der Waals surface area contributed by atoms with Crippen LogP contribution in [0.25, 0.3) is 0 Å². The molecule has 0 saturated carbocycles. The average molecular weight is 361 g/mol. The van der Waals surface area contributed by atoms with E-state index in [1.807, 2.05) is 30.3 Å². The second-order valence-electron chi connectivity index (χ2n) is 5.83. The molecule has 1 heterocycles. The van der Waals surface area contributed by atoms with Crippen molar-refractivity contribution in [3.05, 3.63) is 66.0 Å². The number of hydrogen-bond donors (Lipinski definition) is 1. The molecule has 0 radical (unpaired) electrons. The number of amides is 1. The Bertz CT molecular complexity index is 765. The van der Waals surface area contributed by atoms with Gasteiger partial charge in [-0.25, -0.2) is 8.42 Å². The summed E-state index contributed by atoms with van der Waals surface area (Å²) in [5.74, 6) is -0.299. The number of nitrogens with zero attached hydrogens (tertiary/aromatic N) is 2. The first-order valence-corrected chi connectivity index (χ1v) is 9.94. The van der Waals surface area contributed by atoms with E-state index in [-0.39, 0.29) is 19.0 Å². The molecule has 0 fully saturated rings. The smallest absolute Gasteiger partial charge is 0.235 e. The van der Waals surface area contributed by atoms with Gasteiger partial charge in [-0.15, -0.1) is 0 Å². The van der Waals surface area contributed by atoms with Crippen molar-refractivity contribution in [1.29, 1.82) is 0 Å². The third kappa shape index (κ3) is 7.03. The molecule has 0 spiro atoms. The van der Waals surface area contributed by atoms with Crippen LogP contribution in [0, 0.1) is 0 Å². The van der Waals surface area contributed by atoms with Gasteiger partial charge < -0.3 is 5.32 Å². The van der Waals surface area contributed by atoms with Gasteiger partial charge in [0.15, 0.2) is 0 Å². The second kappa shape index (κ2) is 9.29. The molecule has 1 amide bonds. The van der Waals surface area contributed by atoms with Crippen molar-refractivity contribution in [2.45, 2.75) is 19.4 Å². The van der Waals surface area contributed by atoms with Crippen LogP contribution in [-0.2, 0) is 27.8 Å². The summed E-state index contributed by atoms with van der Waals surface area (Å²) in [6, 6.07) is 13.5. The van der Waals surface area contributed by atoms with Gasteiger partial charge in [-0.1, -0.05) is 30.3 Å². The summed E-state index contributed by atoms with van der Waals surface area (Å²) in [4.78, 5) is 16.0. The number of rotatable bonds is 9. The average Bonchev–Trinajstić information content (AvgIpc) is 2.59. The van der Waals surface area contributed by atoms with E-state index < -0.39 is 10.0 Å². The van der Waals surface area contributed by atoms with Crippen molar-refractivity contribution < 1.29 is 13.2 Å². The van der Waals surface area contributed by atoms with Crippen molar-refractivity contribution in [2.75, 3.05) is 19.3 Å². The zero-order chi connectivity index (χ0) is 18.1. The molecule has 134 valence electrons. The van der Waals surface area contributed by atoms with Gasteiger partial charge in [0, 0.05) is 25.5 Å². The van der Waals surface area contributed by atoms with Crippen LogP contribution in [0.3, 0.4) is 0 Å². The molecule has 7 heteroatoms. The lowest BCUT2D eigenvalue weighted by Gasteiger charge is -2.19. The SMILES string of the molecule is CS(=O)(=O)N(CC(=O)NCCCc1ccccc1)Cc1ccncc1. The van der Waals surface area contributed by atoms with E-state index in [1.165, 1.54) is 5.56 Å². The van der Waals surface area contributed by atoms with Crippen LogP contribution in [0.2, 0.25) is 0 Å². The maximum atomic E-state index is 12.1. The van der Waals surface area contributed by atoms with Crippen LogP contribution in [0.4, 0.5) is 0 Å². The number of carbonyl (C=O) groups excluding carboxylic acids is 1. The fourth-order valence-electron chi connectivity index (χ4n) is 2.36. The molecule has 0 aliphatic heterocycles. The van der Waals surface area contributed by atoms with Gasteiger partial charge in [0.1, 0.15) is 0 Å². The van der Waals surface area contributed by atoms with Crippen molar-refractivity contribution >= 4 is 15.9 Å². The van der Waals surface area contributed by atoms with E-state index in [0.29, 0.717) is 6.54 Å². The number of carbonyl (C=O) groups is 1. The number of hydrogen-bond acceptors (Lipinski definition) is 4. The Labute approximate surface area is 148 Å². The summed E-state index contributed by atoms with van der Waals surface area (Å²) in [5.41, 5.74) is 2.00. The molecule has 1 aromatic heterocycles. The first kappa shape index (κ1) is 19.1. The molecule has 0 saturated heterocycles. The summed E-state index contributed by atoms with van der Waals surface area (Å²) < 4.78 is 25.0. The number of benzene rings is 1. The minimum Gasteiger partial charge on any atom is -0.355 e. The van der Waals surface area contributed by atoms with Gasteiger partial charge in [0.25, 0.3) is 0 Å². The fourth-order valence-corrected chi connectivity index (χ4v) is 3.10. The first-order chi connectivity index (χ1) is 11.9. The van der Waals surface area contributed by atoms with Crippen LogP contribution >= 0.6 is 0 Å².